The molecule has 0 unspecified atom stereocenters. The Morgan fingerprint density at radius 3 is 2.64 bits per heavy atom. The number of para-hydroxylation sites is 1. The molecule has 164 valence electrons. The molecular weight excluding hydrogens is 420 g/mol. The van der Waals surface area contributed by atoms with Crippen molar-refractivity contribution in [1.29, 1.82) is 0 Å². The Labute approximate surface area is 188 Å². The highest BCUT2D eigenvalue weighted by atomic mass is 16.5. The maximum absolute atomic E-state index is 12.5. The lowest BCUT2D eigenvalue weighted by Crippen LogP contribution is -2.13. The zero-order valence-electron chi connectivity index (χ0n) is 17.7. The first kappa shape index (κ1) is 20.3. The molecule has 2 N–H and O–H groups in total. The van der Waals surface area contributed by atoms with Crippen LogP contribution in [0.2, 0.25) is 0 Å². The van der Waals surface area contributed by atoms with Gasteiger partial charge in [0.1, 0.15) is 16.9 Å². The third kappa shape index (κ3) is 4.38. The third-order valence-electron chi connectivity index (χ3n) is 4.96. The van der Waals surface area contributed by atoms with Crippen LogP contribution in [0, 0.1) is 0 Å². The molecular formula is C24H20N6O3. The quantitative estimate of drug-likeness (QED) is 0.395. The second-order valence-electron chi connectivity index (χ2n) is 7.18. The number of hydrogen-bond acceptors (Lipinski definition) is 7. The van der Waals surface area contributed by atoms with Gasteiger partial charge >= 0.3 is 0 Å². The van der Waals surface area contributed by atoms with E-state index in [4.69, 9.17) is 9.47 Å². The van der Waals surface area contributed by atoms with Gasteiger partial charge in [-0.1, -0.05) is 30.3 Å². The monoisotopic (exact) mass is 440 g/mol. The zero-order valence-corrected chi connectivity index (χ0v) is 17.7. The fourth-order valence-corrected chi connectivity index (χ4v) is 3.31. The maximum atomic E-state index is 12.5. The summed E-state index contributed by atoms with van der Waals surface area (Å²) in [6.45, 7) is 0.417. The van der Waals surface area contributed by atoms with Crippen LogP contribution in [0.25, 0.3) is 16.7 Å². The molecule has 3 heterocycles. The number of nitrogens with zero attached hydrogens (tertiary/aromatic N) is 4. The molecule has 2 aromatic carbocycles. The second kappa shape index (κ2) is 8.83. The Hall–Kier alpha value is -4.66. The van der Waals surface area contributed by atoms with E-state index in [2.05, 4.69) is 25.4 Å². The van der Waals surface area contributed by atoms with Crippen molar-refractivity contribution < 1.29 is 9.47 Å². The molecule has 0 aliphatic heterocycles. The van der Waals surface area contributed by atoms with Gasteiger partial charge < -0.3 is 14.8 Å². The summed E-state index contributed by atoms with van der Waals surface area (Å²) in [5.41, 5.74) is 1.94. The molecule has 9 heteroatoms. The molecule has 3 aromatic heterocycles. The standard InChI is InChI=1S/C24H20N6O3/c1-32-18-8-5-9-19(12-18)33-21-11-10-16(13-25-21)14-26-24-28-22-20(23(31)29-24)15-27-30(22)17-6-3-2-4-7-17/h2-13,15H,14H2,1H3,(H2,26,28,29,31). The molecule has 5 rings (SSSR count). The largest absolute Gasteiger partial charge is 0.497 e. The van der Waals surface area contributed by atoms with Crippen molar-refractivity contribution in [2.75, 3.05) is 12.4 Å². The molecule has 5 aromatic rings. The van der Waals surface area contributed by atoms with E-state index in [0.717, 1.165) is 11.3 Å². The number of ether oxygens (including phenoxy) is 2. The SMILES string of the molecule is COc1cccc(Oc2ccc(CNc3nc4c(cnn4-c4ccccc4)c(=O)[nH]3)cn2)c1. The van der Waals surface area contributed by atoms with Crippen molar-refractivity contribution in [3.8, 4) is 23.1 Å². The molecule has 0 aliphatic rings. The molecule has 0 fully saturated rings. The minimum atomic E-state index is -0.259. The normalized spacial score (nSPS) is 10.8. The lowest BCUT2D eigenvalue weighted by molar-refractivity contribution is 0.407. The van der Waals surface area contributed by atoms with E-state index < -0.39 is 0 Å². The van der Waals surface area contributed by atoms with Gasteiger partial charge in [-0.3, -0.25) is 9.78 Å². The lowest BCUT2D eigenvalue weighted by Gasteiger charge is -2.09. The van der Waals surface area contributed by atoms with E-state index >= 15 is 0 Å². The summed E-state index contributed by atoms with van der Waals surface area (Å²) in [5, 5.41) is 7.88. The number of methoxy groups -OCH3 is 1. The van der Waals surface area contributed by atoms with E-state index in [1.807, 2.05) is 54.6 Å². The number of aromatic amines is 1. The fraction of sp³-hybridized carbons (Fsp3) is 0.0833. The van der Waals surface area contributed by atoms with Crippen molar-refractivity contribution in [2.24, 2.45) is 0 Å². The van der Waals surface area contributed by atoms with Gasteiger partial charge in [0.25, 0.3) is 5.56 Å². The molecule has 0 aliphatic carbocycles. The average molecular weight is 440 g/mol. The van der Waals surface area contributed by atoms with Gasteiger partial charge in [-0.05, 0) is 29.8 Å². The summed E-state index contributed by atoms with van der Waals surface area (Å²) in [7, 11) is 1.61. The van der Waals surface area contributed by atoms with Crippen molar-refractivity contribution in [1.82, 2.24) is 24.7 Å². The molecule has 0 saturated carbocycles. The number of H-pyrrole nitrogens is 1. The summed E-state index contributed by atoms with van der Waals surface area (Å²) in [5.74, 6) is 2.16. The summed E-state index contributed by atoms with van der Waals surface area (Å²) in [6, 6.07) is 20.5. The van der Waals surface area contributed by atoms with Crippen molar-refractivity contribution in [3.05, 3.63) is 95.0 Å². The highest BCUT2D eigenvalue weighted by molar-refractivity contribution is 5.76. The van der Waals surface area contributed by atoms with E-state index in [9.17, 15) is 4.79 Å². The smallest absolute Gasteiger partial charge is 0.263 e. The number of aromatic nitrogens is 5. The highest BCUT2D eigenvalue weighted by Gasteiger charge is 2.11. The average Bonchev–Trinajstić information content (AvgIpc) is 3.29. The Morgan fingerprint density at radius 1 is 1.00 bits per heavy atom. The van der Waals surface area contributed by atoms with Crippen LogP contribution >= 0.6 is 0 Å². The molecule has 0 radical (unpaired) electrons. The summed E-state index contributed by atoms with van der Waals surface area (Å²) in [4.78, 5) is 24.1. The zero-order chi connectivity index (χ0) is 22.6. The van der Waals surface area contributed by atoms with Gasteiger partial charge in [0.15, 0.2) is 5.65 Å². The van der Waals surface area contributed by atoms with Gasteiger partial charge in [-0.15, -0.1) is 0 Å². The number of rotatable bonds is 7. The van der Waals surface area contributed by atoms with Gasteiger partial charge in [-0.2, -0.15) is 10.1 Å². The Bertz CT molecular complexity index is 1450. The van der Waals surface area contributed by atoms with Gasteiger partial charge in [0.2, 0.25) is 11.8 Å². The first-order chi connectivity index (χ1) is 16.2. The molecule has 33 heavy (non-hydrogen) atoms. The summed E-state index contributed by atoms with van der Waals surface area (Å²) < 4.78 is 12.6. The van der Waals surface area contributed by atoms with Gasteiger partial charge in [0.05, 0.1) is 19.0 Å². The first-order valence-electron chi connectivity index (χ1n) is 10.2. The van der Waals surface area contributed by atoms with Crippen LogP contribution in [-0.2, 0) is 6.54 Å². The highest BCUT2D eigenvalue weighted by Crippen LogP contribution is 2.24. The minimum absolute atomic E-state index is 0.259. The Kier molecular flexibility index (Phi) is 5.42. The van der Waals surface area contributed by atoms with Gasteiger partial charge in [-0.25, -0.2) is 9.67 Å². The predicted octanol–water partition coefficient (Wildman–Crippen LogP) is 3.92. The third-order valence-corrected chi connectivity index (χ3v) is 4.96. The summed E-state index contributed by atoms with van der Waals surface area (Å²) >= 11 is 0. The van der Waals surface area contributed by atoms with Crippen LogP contribution in [0.3, 0.4) is 0 Å². The first-order valence-corrected chi connectivity index (χ1v) is 10.2. The van der Waals surface area contributed by atoms with Crippen molar-refractivity contribution in [2.45, 2.75) is 6.54 Å². The molecule has 0 amide bonds. The van der Waals surface area contributed by atoms with E-state index in [0.29, 0.717) is 40.9 Å². The number of pyridine rings is 1. The van der Waals surface area contributed by atoms with Crippen molar-refractivity contribution in [3.63, 3.8) is 0 Å². The predicted molar refractivity (Wildman–Crippen MR) is 124 cm³/mol. The number of hydrogen-bond donors (Lipinski definition) is 2. The van der Waals surface area contributed by atoms with E-state index in [-0.39, 0.29) is 5.56 Å². The number of fused-ring (bicyclic) bond motifs is 1. The topological polar surface area (TPSA) is 107 Å². The Morgan fingerprint density at radius 2 is 1.85 bits per heavy atom. The minimum Gasteiger partial charge on any atom is -0.497 e. The maximum Gasteiger partial charge on any atom is 0.263 e. The van der Waals surface area contributed by atoms with Crippen LogP contribution in [0.4, 0.5) is 5.95 Å². The Balaban J connectivity index is 1.31. The van der Waals surface area contributed by atoms with Crippen LogP contribution in [0.15, 0.2) is 83.9 Å². The van der Waals surface area contributed by atoms with Crippen molar-refractivity contribution >= 4 is 17.0 Å². The van der Waals surface area contributed by atoms with Gasteiger partial charge in [0, 0.05) is 24.9 Å². The second-order valence-corrected chi connectivity index (χ2v) is 7.18. The number of nitrogens with one attached hydrogen (secondary N) is 2. The van der Waals surface area contributed by atoms with Crippen LogP contribution in [0.1, 0.15) is 5.56 Å². The molecule has 9 nitrogen and oxygen atoms in total. The van der Waals surface area contributed by atoms with Crippen LogP contribution in [0.5, 0.6) is 17.4 Å². The molecule has 0 spiro atoms. The summed E-state index contributed by atoms with van der Waals surface area (Å²) in [6.07, 6.45) is 3.22. The number of benzene rings is 2. The molecule has 0 bridgehead atoms. The van der Waals surface area contributed by atoms with Crippen LogP contribution < -0.4 is 20.3 Å². The molecule has 0 saturated heterocycles. The number of anilines is 1. The fourth-order valence-electron chi connectivity index (χ4n) is 3.31. The van der Waals surface area contributed by atoms with E-state index in [1.54, 1.807) is 30.1 Å². The lowest BCUT2D eigenvalue weighted by atomic mass is 10.3. The van der Waals surface area contributed by atoms with E-state index in [1.165, 1.54) is 6.20 Å². The van der Waals surface area contributed by atoms with Crippen LogP contribution in [-0.4, -0.2) is 31.8 Å². The molecule has 0 atom stereocenters.